The number of hydrogen-bond donors (Lipinski definition) is 3. The number of nitrogens with two attached hydrogens (primary N) is 1. The van der Waals surface area contributed by atoms with Gasteiger partial charge in [0.05, 0.1) is 5.60 Å². The molecule has 1 fully saturated rings. The Morgan fingerprint density at radius 3 is 2.94 bits per heavy atom. The summed E-state index contributed by atoms with van der Waals surface area (Å²) in [5.41, 5.74) is 5.07. The molecule has 6 nitrogen and oxygen atoms in total. The third-order valence-electron chi connectivity index (χ3n) is 3.06. The molecule has 1 unspecified atom stereocenters. The van der Waals surface area contributed by atoms with Gasteiger partial charge in [0, 0.05) is 25.7 Å². The molecule has 0 spiro atoms. The van der Waals surface area contributed by atoms with Crippen LogP contribution in [0.15, 0.2) is 6.07 Å². The first kappa shape index (κ1) is 12.9. The Labute approximate surface area is 107 Å². The minimum absolute atomic E-state index is 0.262. The summed E-state index contributed by atoms with van der Waals surface area (Å²) in [6, 6.07) is 1.88. The molecule has 0 saturated carbocycles. The molecule has 0 aromatic carbocycles. The van der Waals surface area contributed by atoms with E-state index in [2.05, 4.69) is 22.2 Å². The average molecular weight is 251 g/mol. The van der Waals surface area contributed by atoms with Crippen LogP contribution in [0.1, 0.15) is 26.7 Å². The molecule has 0 radical (unpaired) electrons. The van der Waals surface area contributed by atoms with Gasteiger partial charge < -0.3 is 21.1 Å². The van der Waals surface area contributed by atoms with Crippen LogP contribution in [-0.2, 0) is 0 Å². The van der Waals surface area contributed by atoms with E-state index in [4.69, 9.17) is 5.73 Å². The first-order valence-corrected chi connectivity index (χ1v) is 6.36. The number of aromatic nitrogens is 2. The summed E-state index contributed by atoms with van der Waals surface area (Å²) in [6.45, 7) is 6.16. The Bertz CT molecular complexity index is 421. The number of nitrogens with one attached hydrogen (secondary N) is 1. The lowest BCUT2D eigenvalue weighted by Crippen LogP contribution is -2.30. The van der Waals surface area contributed by atoms with Crippen molar-refractivity contribution in [2.24, 2.45) is 0 Å². The number of nitrogens with zero attached hydrogens (tertiary/aromatic N) is 3. The van der Waals surface area contributed by atoms with E-state index in [1.165, 1.54) is 0 Å². The van der Waals surface area contributed by atoms with Crippen LogP contribution in [0, 0.1) is 0 Å². The van der Waals surface area contributed by atoms with Crippen LogP contribution in [0.25, 0.3) is 0 Å². The van der Waals surface area contributed by atoms with Crippen LogP contribution in [0.3, 0.4) is 0 Å². The van der Waals surface area contributed by atoms with E-state index in [9.17, 15) is 5.11 Å². The highest BCUT2D eigenvalue weighted by Crippen LogP contribution is 2.26. The Kier molecular flexibility index (Phi) is 3.56. The number of rotatable bonds is 4. The number of hydrogen-bond acceptors (Lipinski definition) is 6. The van der Waals surface area contributed by atoms with Gasteiger partial charge in [0.25, 0.3) is 0 Å². The minimum atomic E-state index is -0.642. The second kappa shape index (κ2) is 4.97. The van der Waals surface area contributed by atoms with Crippen LogP contribution >= 0.6 is 0 Å². The van der Waals surface area contributed by atoms with Gasteiger partial charge in [0.2, 0.25) is 5.95 Å². The molecule has 18 heavy (non-hydrogen) atoms. The van der Waals surface area contributed by atoms with Crippen molar-refractivity contribution < 1.29 is 5.11 Å². The highest BCUT2D eigenvalue weighted by atomic mass is 16.3. The van der Waals surface area contributed by atoms with Crippen LogP contribution < -0.4 is 16.0 Å². The van der Waals surface area contributed by atoms with Crippen LogP contribution in [0.5, 0.6) is 0 Å². The van der Waals surface area contributed by atoms with E-state index >= 15 is 0 Å². The van der Waals surface area contributed by atoms with E-state index in [1.54, 1.807) is 0 Å². The predicted molar refractivity (Wildman–Crippen MR) is 72.7 cm³/mol. The number of β-amino-alcohol motifs (C(OH)–C–C–N with tert-alkyl or cyclic N) is 1. The molecule has 100 valence electrons. The third-order valence-corrected chi connectivity index (χ3v) is 3.06. The van der Waals surface area contributed by atoms with Crippen molar-refractivity contribution in [1.29, 1.82) is 0 Å². The summed E-state index contributed by atoms with van der Waals surface area (Å²) in [6.07, 6.45) is 1.77. The zero-order valence-corrected chi connectivity index (χ0v) is 11.0. The Morgan fingerprint density at radius 1 is 1.56 bits per heavy atom. The lowest BCUT2D eigenvalue weighted by molar-refractivity contribution is 0.0839. The van der Waals surface area contributed by atoms with Crippen molar-refractivity contribution in [2.75, 3.05) is 35.6 Å². The fraction of sp³-hybridized carbons (Fsp3) is 0.667. The molecular weight excluding hydrogens is 230 g/mol. The summed E-state index contributed by atoms with van der Waals surface area (Å²) in [5, 5.41) is 13.2. The molecule has 0 bridgehead atoms. The molecule has 0 aliphatic carbocycles. The number of nitrogen functional groups attached to an aromatic ring is 1. The largest absolute Gasteiger partial charge is 0.388 e. The first-order valence-electron chi connectivity index (χ1n) is 6.36. The van der Waals surface area contributed by atoms with Gasteiger partial charge in [-0.1, -0.05) is 6.92 Å². The maximum atomic E-state index is 9.97. The van der Waals surface area contributed by atoms with Gasteiger partial charge in [0.1, 0.15) is 11.6 Å². The molecule has 1 aromatic rings. The molecule has 0 amide bonds. The molecule has 2 heterocycles. The first-order chi connectivity index (χ1) is 8.50. The molecule has 1 aromatic heterocycles. The molecule has 1 aliphatic heterocycles. The lowest BCUT2D eigenvalue weighted by Gasteiger charge is -2.20. The molecule has 1 aliphatic rings. The summed E-state index contributed by atoms with van der Waals surface area (Å²) in [7, 11) is 0. The fourth-order valence-corrected chi connectivity index (χ4v) is 2.10. The Balaban J connectivity index is 2.15. The molecule has 6 heteroatoms. The van der Waals surface area contributed by atoms with Crippen molar-refractivity contribution in [2.45, 2.75) is 32.3 Å². The van der Waals surface area contributed by atoms with Gasteiger partial charge >= 0.3 is 0 Å². The average Bonchev–Trinajstić information content (AvgIpc) is 2.66. The second-order valence-corrected chi connectivity index (χ2v) is 5.06. The molecule has 2 rings (SSSR count). The van der Waals surface area contributed by atoms with Crippen molar-refractivity contribution in [3.63, 3.8) is 0 Å². The summed E-state index contributed by atoms with van der Waals surface area (Å²) >= 11 is 0. The van der Waals surface area contributed by atoms with Crippen molar-refractivity contribution in [1.82, 2.24) is 9.97 Å². The van der Waals surface area contributed by atoms with Gasteiger partial charge in [-0.05, 0) is 19.8 Å². The van der Waals surface area contributed by atoms with E-state index in [0.717, 1.165) is 37.6 Å². The zero-order chi connectivity index (χ0) is 13.2. The molecule has 4 N–H and O–H groups in total. The summed E-state index contributed by atoms with van der Waals surface area (Å²) in [5.74, 6) is 1.78. The highest BCUT2D eigenvalue weighted by molar-refractivity contribution is 5.53. The maximum absolute atomic E-state index is 9.97. The fourth-order valence-electron chi connectivity index (χ4n) is 2.10. The standard InChI is InChI=1S/C12H21N5O/c1-3-5-14-9-7-10(16-11(13)15-9)17-6-4-12(2,18)8-17/h7,18H,3-6,8H2,1-2H3,(H3,13,14,15,16). The Morgan fingerprint density at radius 2 is 2.33 bits per heavy atom. The highest BCUT2D eigenvalue weighted by Gasteiger charge is 2.32. The van der Waals surface area contributed by atoms with Gasteiger partial charge in [-0.3, -0.25) is 0 Å². The quantitative estimate of drug-likeness (QED) is 0.735. The second-order valence-electron chi connectivity index (χ2n) is 5.06. The van der Waals surface area contributed by atoms with Crippen molar-refractivity contribution >= 4 is 17.6 Å². The number of anilines is 3. The maximum Gasteiger partial charge on any atom is 0.223 e. The van der Waals surface area contributed by atoms with Gasteiger partial charge in [-0.15, -0.1) is 0 Å². The van der Waals surface area contributed by atoms with Crippen molar-refractivity contribution in [3.05, 3.63) is 6.07 Å². The lowest BCUT2D eigenvalue weighted by atomic mass is 10.1. The normalized spacial score (nSPS) is 23.4. The molecule has 1 atom stereocenters. The van der Waals surface area contributed by atoms with Crippen molar-refractivity contribution in [3.8, 4) is 0 Å². The minimum Gasteiger partial charge on any atom is -0.388 e. The summed E-state index contributed by atoms with van der Waals surface area (Å²) < 4.78 is 0. The zero-order valence-electron chi connectivity index (χ0n) is 11.0. The summed E-state index contributed by atoms with van der Waals surface area (Å²) in [4.78, 5) is 10.4. The Hall–Kier alpha value is -1.56. The van der Waals surface area contributed by atoms with Gasteiger partial charge in [-0.25, -0.2) is 0 Å². The monoisotopic (exact) mass is 251 g/mol. The number of aliphatic hydroxyl groups is 1. The van der Waals surface area contributed by atoms with Crippen LogP contribution in [-0.4, -0.2) is 40.3 Å². The van der Waals surface area contributed by atoms with E-state index in [-0.39, 0.29) is 5.95 Å². The molecular formula is C12H21N5O. The predicted octanol–water partition coefficient (Wildman–Crippen LogP) is 0.842. The van der Waals surface area contributed by atoms with Gasteiger partial charge in [-0.2, -0.15) is 9.97 Å². The van der Waals surface area contributed by atoms with E-state index < -0.39 is 5.60 Å². The van der Waals surface area contributed by atoms with Crippen LogP contribution in [0.2, 0.25) is 0 Å². The van der Waals surface area contributed by atoms with E-state index in [0.29, 0.717) is 6.54 Å². The van der Waals surface area contributed by atoms with E-state index in [1.807, 2.05) is 17.9 Å². The third kappa shape index (κ3) is 3.01. The van der Waals surface area contributed by atoms with Crippen LogP contribution in [0.4, 0.5) is 17.6 Å². The topological polar surface area (TPSA) is 87.3 Å². The molecule has 1 saturated heterocycles. The van der Waals surface area contributed by atoms with Gasteiger partial charge in [0.15, 0.2) is 0 Å². The SMILES string of the molecule is CCCNc1cc(N2CCC(C)(O)C2)nc(N)n1. The smallest absolute Gasteiger partial charge is 0.223 e.